The Bertz CT molecular complexity index is 1160. The van der Waals surface area contributed by atoms with Crippen molar-refractivity contribution in [1.29, 1.82) is 0 Å². The normalized spacial score (nSPS) is 16.3. The van der Waals surface area contributed by atoms with Gasteiger partial charge in [-0.25, -0.2) is 0 Å². The number of nitrogens with two attached hydrogens (primary N) is 1. The first kappa shape index (κ1) is 22.4. The van der Waals surface area contributed by atoms with Crippen molar-refractivity contribution in [2.24, 2.45) is 10.9 Å². The minimum Gasteiger partial charge on any atom is -0.384 e. The molecule has 1 aliphatic heterocycles. The number of fused-ring (bicyclic) bond motifs is 1. The first-order valence-electron chi connectivity index (χ1n) is 10.4. The van der Waals surface area contributed by atoms with Crippen molar-refractivity contribution in [2.45, 2.75) is 18.6 Å². The molecular formula is C25H22F3N3O2. The molecule has 1 unspecified atom stereocenters. The standard InChI is InChI=1S/C25H22F3N3O2/c26-25(27,28)20-11-6-10-18(13-20)24(29)30-33-16-23(32)31-14-19-9-4-5-12-21(19)22(15-31)17-7-2-1-3-8-17/h1-13,22H,14-16H2,(H2,29,30). The lowest BCUT2D eigenvalue weighted by Gasteiger charge is -2.34. The van der Waals surface area contributed by atoms with Crippen molar-refractivity contribution in [3.8, 4) is 0 Å². The molecule has 0 aliphatic carbocycles. The zero-order valence-electron chi connectivity index (χ0n) is 17.6. The molecule has 0 saturated carbocycles. The molecule has 2 N–H and O–H groups in total. The molecule has 0 aromatic heterocycles. The number of amides is 1. The smallest absolute Gasteiger partial charge is 0.384 e. The van der Waals surface area contributed by atoms with E-state index in [1.165, 1.54) is 17.7 Å². The van der Waals surface area contributed by atoms with Gasteiger partial charge in [-0.1, -0.05) is 71.9 Å². The average Bonchev–Trinajstić information content (AvgIpc) is 2.83. The van der Waals surface area contributed by atoms with Gasteiger partial charge >= 0.3 is 6.18 Å². The van der Waals surface area contributed by atoms with Crippen LogP contribution < -0.4 is 5.73 Å². The molecule has 4 rings (SSSR count). The number of amidine groups is 1. The Kier molecular flexibility index (Phi) is 6.35. The second kappa shape index (κ2) is 9.36. The van der Waals surface area contributed by atoms with Crippen LogP contribution in [-0.2, 0) is 22.4 Å². The molecule has 3 aromatic carbocycles. The minimum atomic E-state index is -4.49. The number of benzene rings is 3. The van der Waals surface area contributed by atoms with Crippen molar-refractivity contribution in [1.82, 2.24) is 4.90 Å². The molecule has 1 aliphatic rings. The van der Waals surface area contributed by atoms with Gasteiger partial charge in [0.2, 0.25) is 0 Å². The van der Waals surface area contributed by atoms with Gasteiger partial charge < -0.3 is 15.5 Å². The van der Waals surface area contributed by atoms with E-state index in [2.05, 4.69) is 11.2 Å². The molecule has 0 fully saturated rings. The molecule has 0 radical (unpaired) electrons. The van der Waals surface area contributed by atoms with E-state index in [-0.39, 0.29) is 29.8 Å². The predicted octanol–water partition coefficient (Wildman–Crippen LogP) is 4.52. The highest BCUT2D eigenvalue weighted by Gasteiger charge is 2.31. The first-order chi connectivity index (χ1) is 15.8. The molecular weight excluding hydrogens is 431 g/mol. The Morgan fingerprint density at radius 2 is 1.76 bits per heavy atom. The zero-order chi connectivity index (χ0) is 23.4. The SMILES string of the molecule is N/C(=N\OCC(=O)N1Cc2ccccc2C(c2ccccc2)C1)c1cccc(C(F)(F)F)c1. The topological polar surface area (TPSA) is 67.9 Å². The Balaban J connectivity index is 1.45. The minimum absolute atomic E-state index is 0.0266. The number of halogens is 3. The molecule has 33 heavy (non-hydrogen) atoms. The van der Waals surface area contributed by atoms with Gasteiger partial charge in [0.25, 0.3) is 5.91 Å². The van der Waals surface area contributed by atoms with Gasteiger partial charge in [0.05, 0.1) is 5.56 Å². The maximum Gasteiger partial charge on any atom is 0.416 e. The number of alkyl halides is 3. The van der Waals surface area contributed by atoms with Gasteiger partial charge in [-0.2, -0.15) is 13.2 Å². The van der Waals surface area contributed by atoms with Crippen molar-refractivity contribution >= 4 is 11.7 Å². The third-order valence-corrected chi connectivity index (χ3v) is 5.59. The van der Waals surface area contributed by atoms with Crippen LogP contribution in [0.25, 0.3) is 0 Å². The molecule has 0 bridgehead atoms. The third kappa shape index (κ3) is 5.16. The van der Waals surface area contributed by atoms with Crippen LogP contribution in [0.1, 0.15) is 33.7 Å². The van der Waals surface area contributed by atoms with Crippen molar-refractivity contribution in [3.05, 3.63) is 107 Å². The predicted molar refractivity (Wildman–Crippen MR) is 118 cm³/mol. The van der Waals surface area contributed by atoms with Crippen molar-refractivity contribution < 1.29 is 22.8 Å². The van der Waals surface area contributed by atoms with Crippen LogP contribution in [0.5, 0.6) is 0 Å². The molecule has 0 spiro atoms. The Morgan fingerprint density at radius 3 is 2.52 bits per heavy atom. The Labute approximate surface area is 189 Å². The van der Waals surface area contributed by atoms with Gasteiger partial charge in [-0.15, -0.1) is 0 Å². The van der Waals surface area contributed by atoms with Gasteiger partial charge in [-0.3, -0.25) is 4.79 Å². The fraction of sp³-hybridized carbons (Fsp3) is 0.200. The third-order valence-electron chi connectivity index (χ3n) is 5.59. The van der Waals surface area contributed by atoms with Crippen molar-refractivity contribution in [3.63, 3.8) is 0 Å². The summed E-state index contributed by atoms with van der Waals surface area (Å²) in [7, 11) is 0. The van der Waals surface area contributed by atoms with E-state index in [4.69, 9.17) is 10.6 Å². The van der Waals surface area contributed by atoms with Gasteiger partial charge in [0.1, 0.15) is 0 Å². The summed E-state index contributed by atoms with van der Waals surface area (Å²) in [5, 5.41) is 3.65. The number of hydrogen-bond acceptors (Lipinski definition) is 3. The summed E-state index contributed by atoms with van der Waals surface area (Å²) in [6, 6.07) is 22.4. The first-order valence-corrected chi connectivity index (χ1v) is 10.4. The number of nitrogens with zero attached hydrogens (tertiary/aromatic N) is 2. The number of oxime groups is 1. The van der Waals surface area contributed by atoms with E-state index in [1.54, 1.807) is 4.90 Å². The second-order valence-corrected chi connectivity index (χ2v) is 7.76. The summed E-state index contributed by atoms with van der Waals surface area (Å²) in [4.78, 5) is 19.6. The number of hydrogen-bond donors (Lipinski definition) is 1. The van der Waals surface area contributed by atoms with Gasteiger partial charge in [-0.05, 0) is 28.8 Å². The van der Waals surface area contributed by atoms with Crippen LogP contribution in [0.15, 0.2) is 84.0 Å². The number of rotatable bonds is 5. The summed E-state index contributed by atoms with van der Waals surface area (Å²) < 4.78 is 38.7. The number of carbonyl (C=O) groups excluding carboxylic acids is 1. The van der Waals surface area contributed by atoms with Crippen LogP contribution in [0.3, 0.4) is 0 Å². The Hall–Kier alpha value is -3.81. The molecule has 170 valence electrons. The van der Waals surface area contributed by atoms with Gasteiger partial charge in [0, 0.05) is 24.6 Å². The highest BCUT2D eigenvalue weighted by Crippen LogP contribution is 2.33. The monoisotopic (exact) mass is 453 g/mol. The molecule has 1 heterocycles. The van der Waals surface area contributed by atoms with Crippen LogP contribution in [0.4, 0.5) is 13.2 Å². The Morgan fingerprint density at radius 1 is 1.03 bits per heavy atom. The quantitative estimate of drug-likeness (QED) is 0.351. The van der Waals surface area contributed by atoms with E-state index in [0.717, 1.165) is 23.3 Å². The lowest BCUT2D eigenvalue weighted by atomic mass is 9.84. The van der Waals surface area contributed by atoms with Crippen LogP contribution in [-0.4, -0.2) is 29.8 Å². The summed E-state index contributed by atoms with van der Waals surface area (Å²) in [6.07, 6.45) is -4.49. The van der Waals surface area contributed by atoms with Crippen molar-refractivity contribution in [2.75, 3.05) is 13.2 Å². The van der Waals surface area contributed by atoms with E-state index < -0.39 is 11.7 Å². The fourth-order valence-corrected chi connectivity index (χ4v) is 3.92. The largest absolute Gasteiger partial charge is 0.416 e. The summed E-state index contributed by atoms with van der Waals surface area (Å²) >= 11 is 0. The molecule has 8 heteroatoms. The molecule has 0 saturated heterocycles. The highest BCUT2D eigenvalue weighted by molar-refractivity contribution is 5.97. The molecule has 1 atom stereocenters. The molecule has 5 nitrogen and oxygen atoms in total. The highest BCUT2D eigenvalue weighted by atomic mass is 19.4. The van der Waals surface area contributed by atoms with E-state index in [0.29, 0.717) is 13.1 Å². The lowest BCUT2D eigenvalue weighted by Crippen LogP contribution is -2.40. The maximum absolute atomic E-state index is 12.9. The maximum atomic E-state index is 12.9. The lowest BCUT2D eigenvalue weighted by molar-refractivity contribution is -0.138. The zero-order valence-corrected chi connectivity index (χ0v) is 17.6. The summed E-state index contributed by atoms with van der Waals surface area (Å²) in [6.45, 7) is 0.550. The number of carbonyl (C=O) groups is 1. The molecule has 1 amide bonds. The van der Waals surface area contributed by atoms with E-state index in [1.807, 2.05) is 48.5 Å². The summed E-state index contributed by atoms with van der Waals surface area (Å²) in [5.74, 6) is -0.496. The van der Waals surface area contributed by atoms with Crippen LogP contribution in [0, 0.1) is 0 Å². The second-order valence-electron chi connectivity index (χ2n) is 7.76. The molecule has 3 aromatic rings. The van der Waals surface area contributed by atoms with Crippen LogP contribution >= 0.6 is 0 Å². The van der Waals surface area contributed by atoms with E-state index >= 15 is 0 Å². The average molecular weight is 453 g/mol. The van der Waals surface area contributed by atoms with Gasteiger partial charge in [0.15, 0.2) is 12.4 Å². The fourth-order valence-electron chi connectivity index (χ4n) is 3.92. The van der Waals surface area contributed by atoms with E-state index in [9.17, 15) is 18.0 Å². The summed E-state index contributed by atoms with van der Waals surface area (Å²) in [5.41, 5.74) is 8.33. The van der Waals surface area contributed by atoms with Crippen LogP contribution in [0.2, 0.25) is 0 Å².